The largest absolute Gasteiger partial charge is 0.493 e. The Bertz CT molecular complexity index is 1030. The Morgan fingerprint density at radius 3 is 1.76 bits per heavy atom. The van der Waals surface area contributed by atoms with Gasteiger partial charge < -0.3 is 18.9 Å². The van der Waals surface area contributed by atoms with Crippen molar-refractivity contribution in [1.82, 2.24) is 0 Å². The van der Waals surface area contributed by atoms with Gasteiger partial charge in [-0.2, -0.15) is 5.26 Å². The number of ether oxygens (including phenoxy) is 4. The molecule has 0 aliphatic rings. The SMILES string of the molecule is COc1cc(C(=O)Oc2ccc(-c3ccc(C#N)cc3)cc2)cc(OC)c1OC. The highest BCUT2D eigenvalue weighted by Gasteiger charge is 2.18. The normalized spacial score (nSPS) is 10.0. The first-order valence-electron chi connectivity index (χ1n) is 8.72. The fraction of sp³-hybridized carbons (Fsp3) is 0.130. The minimum absolute atomic E-state index is 0.274. The van der Waals surface area contributed by atoms with E-state index in [1.165, 1.54) is 33.5 Å². The van der Waals surface area contributed by atoms with Crippen molar-refractivity contribution in [2.75, 3.05) is 21.3 Å². The van der Waals surface area contributed by atoms with Crippen molar-refractivity contribution in [2.45, 2.75) is 0 Å². The van der Waals surface area contributed by atoms with Gasteiger partial charge in [0.2, 0.25) is 5.75 Å². The summed E-state index contributed by atoms with van der Waals surface area (Å²) >= 11 is 0. The predicted octanol–water partition coefficient (Wildman–Crippen LogP) is 4.47. The molecule has 0 radical (unpaired) electrons. The monoisotopic (exact) mass is 389 g/mol. The summed E-state index contributed by atoms with van der Waals surface area (Å²) in [6.45, 7) is 0. The van der Waals surface area contributed by atoms with Gasteiger partial charge >= 0.3 is 5.97 Å². The summed E-state index contributed by atoms with van der Waals surface area (Å²) < 4.78 is 21.3. The fourth-order valence-corrected chi connectivity index (χ4v) is 2.82. The second-order valence-corrected chi connectivity index (χ2v) is 6.02. The Hall–Kier alpha value is -3.98. The van der Waals surface area contributed by atoms with Crippen molar-refractivity contribution in [3.05, 3.63) is 71.8 Å². The lowest BCUT2D eigenvalue weighted by Crippen LogP contribution is -2.09. The molecule has 0 aliphatic heterocycles. The molecule has 3 aromatic rings. The highest BCUT2D eigenvalue weighted by molar-refractivity contribution is 5.92. The summed E-state index contributed by atoms with van der Waals surface area (Å²) in [5, 5.41) is 8.89. The van der Waals surface area contributed by atoms with Crippen LogP contribution in [0.5, 0.6) is 23.0 Å². The van der Waals surface area contributed by atoms with E-state index in [0.29, 0.717) is 28.6 Å². The summed E-state index contributed by atoms with van der Waals surface area (Å²) in [5.41, 5.74) is 2.79. The van der Waals surface area contributed by atoms with Gasteiger partial charge in [-0.15, -0.1) is 0 Å². The number of nitriles is 1. The number of carbonyl (C=O) groups is 1. The van der Waals surface area contributed by atoms with E-state index in [9.17, 15) is 4.79 Å². The van der Waals surface area contributed by atoms with E-state index in [1.54, 1.807) is 24.3 Å². The van der Waals surface area contributed by atoms with Crippen molar-refractivity contribution in [1.29, 1.82) is 5.26 Å². The third-order valence-corrected chi connectivity index (χ3v) is 4.31. The molecule has 146 valence electrons. The Morgan fingerprint density at radius 1 is 0.793 bits per heavy atom. The first-order chi connectivity index (χ1) is 14.1. The fourth-order valence-electron chi connectivity index (χ4n) is 2.82. The highest BCUT2D eigenvalue weighted by Crippen LogP contribution is 2.38. The van der Waals surface area contributed by atoms with Crippen LogP contribution < -0.4 is 18.9 Å². The zero-order chi connectivity index (χ0) is 20.8. The number of benzene rings is 3. The van der Waals surface area contributed by atoms with Gasteiger partial charge in [0.05, 0.1) is 38.5 Å². The van der Waals surface area contributed by atoms with Crippen LogP contribution in [0.1, 0.15) is 15.9 Å². The van der Waals surface area contributed by atoms with Gasteiger partial charge in [0, 0.05) is 0 Å². The van der Waals surface area contributed by atoms with Crippen LogP contribution in [0.3, 0.4) is 0 Å². The molecular weight excluding hydrogens is 370 g/mol. The lowest BCUT2D eigenvalue weighted by atomic mass is 10.0. The molecule has 0 saturated carbocycles. The Balaban J connectivity index is 1.79. The molecule has 0 unspecified atom stereocenters. The number of esters is 1. The molecule has 0 heterocycles. The topological polar surface area (TPSA) is 77.8 Å². The van der Waals surface area contributed by atoms with E-state index in [0.717, 1.165) is 11.1 Å². The Morgan fingerprint density at radius 2 is 1.31 bits per heavy atom. The number of methoxy groups -OCH3 is 3. The number of hydrogen-bond donors (Lipinski definition) is 0. The number of rotatable bonds is 6. The lowest BCUT2D eigenvalue weighted by Gasteiger charge is -2.13. The van der Waals surface area contributed by atoms with Crippen LogP contribution >= 0.6 is 0 Å². The molecular formula is C23H19NO5. The molecule has 3 rings (SSSR count). The van der Waals surface area contributed by atoms with E-state index < -0.39 is 5.97 Å². The summed E-state index contributed by atoms with van der Waals surface area (Å²) in [6, 6.07) is 19.5. The van der Waals surface area contributed by atoms with Gasteiger partial charge in [-0.3, -0.25) is 0 Å². The standard InChI is InChI=1S/C23H19NO5/c1-26-20-12-18(13-21(27-2)22(20)28-3)23(25)29-19-10-8-17(9-11-19)16-6-4-15(14-24)5-7-16/h4-13H,1-3H3. The molecule has 0 saturated heterocycles. The zero-order valence-corrected chi connectivity index (χ0v) is 16.3. The molecule has 0 spiro atoms. The van der Waals surface area contributed by atoms with Crippen LogP contribution in [-0.2, 0) is 0 Å². The van der Waals surface area contributed by atoms with Crippen LogP contribution in [0.4, 0.5) is 0 Å². The minimum Gasteiger partial charge on any atom is -0.493 e. The van der Waals surface area contributed by atoms with Crippen LogP contribution in [0, 0.1) is 11.3 Å². The van der Waals surface area contributed by atoms with Crippen LogP contribution in [0.2, 0.25) is 0 Å². The Kier molecular flexibility index (Phi) is 6.00. The van der Waals surface area contributed by atoms with Gasteiger partial charge in [-0.25, -0.2) is 4.79 Å². The smallest absolute Gasteiger partial charge is 0.343 e. The van der Waals surface area contributed by atoms with E-state index in [4.69, 9.17) is 24.2 Å². The van der Waals surface area contributed by atoms with Crippen LogP contribution in [-0.4, -0.2) is 27.3 Å². The van der Waals surface area contributed by atoms with Crippen molar-refractivity contribution < 1.29 is 23.7 Å². The highest BCUT2D eigenvalue weighted by atomic mass is 16.5. The predicted molar refractivity (Wildman–Crippen MR) is 108 cm³/mol. The van der Waals surface area contributed by atoms with E-state index in [2.05, 4.69) is 6.07 Å². The molecule has 29 heavy (non-hydrogen) atoms. The van der Waals surface area contributed by atoms with Gasteiger partial charge in [-0.05, 0) is 47.5 Å². The van der Waals surface area contributed by atoms with Gasteiger partial charge in [0.1, 0.15) is 5.75 Å². The lowest BCUT2D eigenvalue weighted by molar-refractivity contribution is 0.0734. The molecule has 0 aliphatic carbocycles. The number of carbonyl (C=O) groups excluding carboxylic acids is 1. The summed E-state index contributed by atoms with van der Waals surface area (Å²) in [7, 11) is 4.45. The van der Waals surface area contributed by atoms with E-state index >= 15 is 0 Å². The van der Waals surface area contributed by atoms with Crippen LogP contribution in [0.15, 0.2) is 60.7 Å². The van der Waals surface area contributed by atoms with Gasteiger partial charge in [0.25, 0.3) is 0 Å². The molecule has 6 nitrogen and oxygen atoms in total. The first kappa shape index (κ1) is 19.8. The maximum atomic E-state index is 12.6. The molecule has 0 fully saturated rings. The van der Waals surface area contributed by atoms with E-state index in [-0.39, 0.29) is 5.56 Å². The quantitative estimate of drug-likeness (QED) is 0.457. The van der Waals surface area contributed by atoms with Crippen molar-refractivity contribution in [3.63, 3.8) is 0 Å². The first-order valence-corrected chi connectivity index (χ1v) is 8.72. The Labute approximate surface area is 168 Å². The van der Waals surface area contributed by atoms with Gasteiger partial charge in [-0.1, -0.05) is 24.3 Å². The molecule has 0 amide bonds. The molecule has 0 bridgehead atoms. The summed E-state index contributed by atoms with van der Waals surface area (Å²) in [5.74, 6) is 1.000. The molecule has 0 aromatic heterocycles. The summed E-state index contributed by atoms with van der Waals surface area (Å²) in [4.78, 5) is 12.6. The molecule has 3 aromatic carbocycles. The average Bonchev–Trinajstić information content (AvgIpc) is 2.78. The third kappa shape index (κ3) is 4.30. The van der Waals surface area contributed by atoms with Crippen molar-refractivity contribution in [3.8, 4) is 40.2 Å². The summed E-state index contributed by atoms with van der Waals surface area (Å²) in [6.07, 6.45) is 0. The van der Waals surface area contributed by atoms with E-state index in [1.807, 2.05) is 24.3 Å². The van der Waals surface area contributed by atoms with Crippen LogP contribution in [0.25, 0.3) is 11.1 Å². The maximum Gasteiger partial charge on any atom is 0.343 e. The minimum atomic E-state index is -0.546. The van der Waals surface area contributed by atoms with Gasteiger partial charge in [0.15, 0.2) is 11.5 Å². The third-order valence-electron chi connectivity index (χ3n) is 4.31. The second-order valence-electron chi connectivity index (χ2n) is 6.02. The average molecular weight is 389 g/mol. The molecule has 6 heteroatoms. The molecule has 0 atom stereocenters. The van der Waals surface area contributed by atoms with Crippen molar-refractivity contribution >= 4 is 5.97 Å². The van der Waals surface area contributed by atoms with Crippen molar-refractivity contribution in [2.24, 2.45) is 0 Å². The maximum absolute atomic E-state index is 12.6. The number of hydrogen-bond acceptors (Lipinski definition) is 6. The second kappa shape index (κ2) is 8.81. The zero-order valence-electron chi connectivity index (χ0n) is 16.3. The number of nitrogens with zero attached hydrogens (tertiary/aromatic N) is 1. The molecule has 0 N–H and O–H groups in total.